The molecule has 0 fully saturated rings. The van der Waals surface area contributed by atoms with Gasteiger partial charge in [-0.2, -0.15) is 21.0 Å². The maximum Gasteiger partial charge on any atom is 0.131 e. The van der Waals surface area contributed by atoms with Crippen molar-refractivity contribution in [2.75, 3.05) is 0 Å². The van der Waals surface area contributed by atoms with Gasteiger partial charge in [0.1, 0.15) is 5.82 Å². The zero-order chi connectivity index (χ0) is 23.7. The first kappa shape index (κ1) is 23.1. The van der Waals surface area contributed by atoms with Crippen molar-refractivity contribution < 1.29 is 4.39 Å². The minimum Gasteiger partial charge on any atom is -0.361 e. The topological polar surface area (TPSA) is 119 Å². The van der Waals surface area contributed by atoms with Crippen LogP contribution in [0.2, 0.25) is 0 Å². The first-order valence-corrected chi connectivity index (χ1v) is 10.7. The van der Waals surface area contributed by atoms with Crippen molar-refractivity contribution in [1.82, 2.24) is 10.6 Å². The minimum atomic E-state index is -0.882. The number of nitriles is 4. The van der Waals surface area contributed by atoms with Gasteiger partial charge in [0, 0.05) is 37.5 Å². The molecule has 0 aliphatic carbocycles. The normalized spacial score (nSPS) is 17.3. The van der Waals surface area contributed by atoms with Crippen molar-refractivity contribution in [3.63, 3.8) is 0 Å². The van der Waals surface area contributed by atoms with Crippen molar-refractivity contribution in [1.29, 1.82) is 21.0 Å². The molecule has 0 aromatic heterocycles. The van der Waals surface area contributed by atoms with E-state index in [1.165, 1.54) is 0 Å². The Balaban J connectivity index is 2.37. The van der Waals surface area contributed by atoms with Crippen LogP contribution in [0.15, 0.2) is 57.2 Å². The first-order chi connectivity index (χ1) is 15.2. The second-order valence-corrected chi connectivity index (χ2v) is 8.86. The summed E-state index contributed by atoms with van der Waals surface area (Å²) in [7, 11) is 0. The monoisotopic (exact) mass is 536 g/mol. The number of nitrogens with zero attached hydrogens (tertiary/aromatic N) is 4. The third kappa shape index (κ3) is 3.64. The van der Waals surface area contributed by atoms with E-state index < -0.39 is 17.7 Å². The van der Waals surface area contributed by atoms with Gasteiger partial charge in [0.15, 0.2) is 0 Å². The number of benzene rings is 1. The third-order valence-corrected chi connectivity index (χ3v) is 6.34. The van der Waals surface area contributed by atoms with Crippen molar-refractivity contribution >= 4 is 22.6 Å². The zero-order valence-corrected chi connectivity index (χ0v) is 20.0. The van der Waals surface area contributed by atoms with Crippen molar-refractivity contribution in [3.8, 4) is 24.3 Å². The Labute approximate surface area is 199 Å². The molecular weight excluding hydrogens is 518 g/mol. The van der Waals surface area contributed by atoms with Gasteiger partial charge in [0.2, 0.25) is 0 Å². The molecule has 2 N–H and O–H groups in total. The second-order valence-electron chi connectivity index (χ2n) is 7.62. The average Bonchev–Trinajstić information content (AvgIpc) is 2.74. The van der Waals surface area contributed by atoms with Crippen molar-refractivity contribution in [2.24, 2.45) is 0 Å². The summed E-state index contributed by atoms with van der Waals surface area (Å²) in [6, 6.07) is 11.7. The Hall–Kier alpha value is -3.60. The highest BCUT2D eigenvalue weighted by atomic mass is 127. The predicted octanol–water partition coefficient (Wildman–Crippen LogP) is 4.99. The summed E-state index contributed by atoms with van der Waals surface area (Å²) < 4.78 is 16.9. The molecule has 32 heavy (non-hydrogen) atoms. The maximum absolute atomic E-state index is 16.2. The van der Waals surface area contributed by atoms with Gasteiger partial charge in [-0.1, -0.05) is 0 Å². The SMILES string of the molecule is CC1=C(C#N)C(c2cc(I)cc(C3C(C#N)=C(C)NC(C)=C3C#N)c2F)C(C#N)=C(C)N1. The quantitative estimate of drug-likeness (QED) is 0.514. The molecule has 6 nitrogen and oxygen atoms in total. The van der Waals surface area contributed by atoms with Gasteiger partial charge in [-0.15, -0.1) is 0 Å². The van der Waals surface area contributed by atoms with E-state index in [-0.39, 0.29) is 33.4 Å². The Kier molecular flexibility index (Phi) is 6.40. The number of dihydropyridines is 2. The zero-order valence-electron chi connectivity index (χ0n) is 17.9. The summed E-state index contributed by atoms with van der Waals surface area (Å²) in [4.78, 5) is 0. The predicted molar refractivity (Wildman–Crippen MR) is 124 cm³/mol. The van der Waals surface area contributed by atoms with Crippen molar-refractivity contribution in [2.45, 2.75) is 39.5 Å². The van der Waals surface area contributed by atoms with E-state index in [0.29, 0.717) is 26.4 Å². The molecule has 158 valence electrons. The van der Waals surface area contributed by atoms with E-state index in [4.69, 9.17) is 0 Å². The summed E-state index contributed by atoms with van der Waals surface area (Å²) in [5.41, 5.74) is 3.57. The summed E-state index contributed by atoms with van der Waals surface area (Å²) in [6.45, 7) is 6.84. The summed E-state index contributed by atoms with van der Waals surface area (Å²) in [5, 5.41) is 45.2. The van der Waals surface area contributed by atoms with E-state index >= 15 is 4.39 Å². The van der Waals surface area contributed by atoms with Crippen LogP contribution in [0, 0.1) is 54.7 Å². The third-order valence-electron chi connectivity index (χ3n) is 5.72. The van der Waals surface area contributed by atoms with Crippen LogP contribution in [0.25, 0.3) is 0 Å². The van der Waals surface area contributed by atoms with Crippen LogP contribution in [0.3, 0.4) is 0 Å². The molecule has 1 aromatic rings. The van der Waals surface area contributed by atoms with E-state index in [1.807, 2.05) is 22.6 Å². The second kappa shape index (κ2) is 8.87. The Morgan fingerprint density at radius 3 is 1.22 bits per heavy atom. The van der Waals surface area contributed by atoms with E-state index in [9.17, 15) is 21.0 Å². The number of hydrogen-bond acceptors (Lipinski definition) is 6. The van der Waals surface area contributed by atoms with E-state index in [0.717, 1.165) is 0 Å². The highest BCUT2D eigenvalue weighted by Gasteiger charge is 2.36. The lowest BCUT2D eigenvalue weighted by Crippen LogP contribution is -2.26. The van der Waals surface area contributed by atoms with Gasteiger partial charge in [0.05, 0.1) is 58.4 Å². The van der Waals surface area contributed by atoms with E-state index in [2.05, 4.69) is 34.9 Å². The highest BCUT2D eigenvalue weighted by molar-refractivity contribution is 14.1. The molecular formula is C24H18FIN6. The molecule has 0 saturated carbocycles. The standard InChI is InChI=1S/C24H18FIN6/c1-11-18(7-27)22(19(8-28)12(2)31-11)16-5-15(26)6-17(24(16)25)23-20(9-29)13(3)32-14(4)21(23)10-30/h5-6,22-23,31-32H,1-4H3. The number of rotatable bonds is 2. The number of halogens is 2. The molecule has 0 saturated heterocycles. The molecule has 0 bridgehead atoms. The fraction of sp³-hybridized carbons (Fsp3) is 0.250. The largest absolute Gasteiger partial charge is 0.361 e. The average molecular weight is 536 g/mol. The van der Waals surface area contributed by atoms with Crippen LogP contribution in [0.4, 0.5) is 4.39 Å². The molecule has 3 rings (SSSR count). The van der Waals surface area contributed by atoms with Gasteiger partial charge in [0.25, 0.3) is 0 Å². The molecule has 2 aliphatic rings. The number of hydrogen-bond donors (Lipinski definition) is 2. The van der Waals surface area contributed by atoms with Crippen LogP contribution in [0.1, 0.15) is 50.7 Å². The maximum atomic E-state index is 16.2. The number of allylic oxidation sites excluding steroid dienone is 8. The van der Waals surface area contributed by atoms with Crippen molar-refractivity contribution in [3.05, 3.63) is 77.7 Å². The van der Waals surface area contributed by atoms with Crippen LogP contribution in [0.5, 0.6) is 0 Å². The lowest BCUT2D eigenvalue weighted by atomic mass is 9.77. The van der Waals surface area contributed by atoms with E-state index in [1.54, 1.807) is 39.8 Å². The van der Waals surface area contributed by atoms with Crippen LogP contribution < -0.4 is 10.6 Å². The van der Waals surface area contributed by atoms with Crippen LogP contribution >= 0.6 is 22.6 Å². The molecule has 2 aliphatic heterocycles. The summed E-state index contributed by atoms with van der Waals surface area (Å²) in [5.74, 6) is -2.40. The molecule has 0 unspecified atom stereocenters. The molecule has 8 heteroatoms. The lowest BCUT2D eigenvalue weighted by molar-refractivity contribution is 0.581. The molecule has 0 radical (unpaired) electrons. The minimum absolute atomic E-state index is 0.170. The molecule has 0 spiro atoms. The Morgan fingerprint density at radius 1 is 0.688 bits per heavy atom. The highest BCUT2D eigenvalue weighted by Crippen LogP contribution is 2.44. The molecule has 2 heterocycles. The first-order valence-electron chi connectivity index (χ1n) is 9.66. The van der Waals surface area contributed by atoms with Crippen LogP contribution in [-0.2, 0) is 0 Å². The molecule has 0 amide bonds. The number of nitrogens with one attached hydrogen (secondary N) is 2. The summed E-state index contributed by atoms with van der Waals surface area (Å²) in [6.07, 6.45) is 0. The van der Waals surface area contributed by atoms with Gasteiger partial charge in [-0.05, 0) is 62.4 Å². The van der Waals surface area contributed by atoms with Gasteiger partial charge >= 0.3 is 0 Å². The molecule has 0 atom stereocenters. The van der Waals surface area contributed by atoms with Gasteiger partial charge < -0.3 is 10.6 Å². The van der Waals surface area contributed by atoms with Crippen LogP contribution in [-0.4, -0.2) is 0 Å². The summed E-state index contributed by atoms with van der Waals surface area (Å²) >= 11 is 2.04. The van der Waals surface area contributed by atoms with Gasteiger partial charge in [-0.25, -0.2) is 4.39 Å². The fourth-order valence-electron chi connectivity index (χ4n) is 4.25. The molecule has 1 aromatic carbocycles. The lowest BCUT2D eigenvalue weighted by Gasteiger charge is -2.30. The smallest absolute Gasteiger partial charge is 0.131 e. The Bertz CT molecular complexity index is 1160. The van der Waals surface area contributed by atoms with Gasteiger partial charge in [-0.3, -0.25) is 0 Å². The fourth-order valence-corrected chi connectivity index (χ4v) is 4.93. The Morgan fingerprint density at radius 2 is 0.969 bits per heavy atom.